The quantitative estimate of drug-likeness (QED) is 0.495. The molecule has 3 aromatic rings. The van der Waals surface area contributed by atoms with Crippen LogP contribution in [0.5, 0.6) is 5.75 Å². The highest BCUT2D eigenvalue weighted by molar-refractivity contribution is 7.14. The number of nitrogens with two attached hydrogens (primary N) is 1. The zero-order valence-electron chi connectivity index (χ0n) is 19.4. The number of para-hydroxylation sites is 1. The summed E-state index contributed by atoms with van der Waals surface area (Å²) in [5, 5.41) is 0. The summed E-state index contributed by atoms with van der Waals surface area (Å²) in [6, 6.07) is 9.11. The number of nitrogens with zero attached hydrogens (tertiary/aromatic N) is 2. The van der Waals surface area contributed by atoms with Gasteiger partial charge >= 0.3 is 5.69 Å². The van der Waals surface area contributed by atoms with E-state index in [9.17, 15) is 14.4 Å². The predicted molar refractivity (Wildman–Crippen MR) is 133 cm³/mol. The van der Waals surface area contributed by atoms with E-state index in [2.05, 4.69) is 4.98 Å². The van der Waals surface area contributed by atoms with Gasteiger partial charge in [-0.2, -0.15) is 0 Å². The lowest BCUT2D eigenvalue weighted by molar-refractivity contribution is 0.0988. The van der Waals surface area contributed by atoms with Crippen LogP contribution in [-0.2, 0) is 19.5 Å². The molecule has 3 rings (SSSR count). The number of carbonyl (C=O) groups is 1. The normalized spacial score (nSPS) is 10.9. The first kappa shape index (κ1) is 24.3. The van der Waals surface area contributed by atoms with Gasteiger partial charge in [-0.15, -0.1) is 11.3 Å². The number of aromatic amines is 1. The molecule has 1 amide bonds. The second-order valence-electron chi connectivity index (χ2n) is 7.77. The topological polar surface area (TPSA) is 110 Å². The van der Waals surface area contributed by atoms with E-state index in [1.54, 1.807) is 13.2 Å². The zero-order valence-corrected chi connectivity index (χ0v) is 20.3. The molecule has 0 aliphatic rings. The third-order valence-corrected chi connectivity index (χ3v) is 6.91. The Balaban J connectivity index is 2.19. The minimum absolute atomic E-state index is 0.0237. The van der Waals surface area contributed by atoms with Crippen LogP contribution < -0.4 is 26.6 Å². The molecule has 33 heavy (non-hydrogen) atoms. The fourth-order valence-electron chi connectivity index (χ4n) is 3.74. The molecule has 9 heteroatoms. The highest BCUT2D eigenvalue weighted by atomic mass is 32.1. The van der Waals surface area contributed by atoms with Crippen molar-refractivity contribution in [2.45, 2.75) is 53.1 Å². The van der Waals surface area contributed by atoms with E-state index in [1.165, 1.54) is 20.8 Å². The summed E-state index contributed by atoms with van der Waals surface area (Å²) < 4.78 is 6.78. The van der Waals surface area contributed by atoms with Crippen LogP contribution >= 0.6 is 11.3 Å². The van der Waals surface area contributed by atoms with Gasteiger partial charge < -0.3 is 10.5 Å². The highest BCUT2D eigenvalue weighted by Gasteiger charge is 2.28. The number of ether oxygens (including phenoxy) is 1. The van der Waals surface area contributed by atoms with Gasteiger partial charge in [0.15, 0.2) is 5.69 Å². The van der Waals surface area contributed by atoms with Gasteiger partial charge in [0.25, 0.3) is 11.5 Å². The number of thiophene rings is 1. The smallest absolute Gasteiger partial charge is 0.330 e. The molecule has 0 radical (unpaired) electrons. The Bertz CT molecular complexity index is 1260. The van der Waals surface area contributed by atoms with Gasteiger partial charge in [0, 0.05) is 17.0 Å². The number of carbonyl (C=O) groups excluding carboxylic acids is 1. The molecule has 0 saturated heterocycles. The molecule has 0 aliphatic carbocycles. The lowest BCUT2D eigenvalue weighted by Crippen LogP contribution is -2.40. The van der Waals surface area contributed by atoms with E-state index < -0.39 is 11.2 Å². The number of unbranched alkanes of at least 4 members (excludes halogenated alkanes) is 1. The molecular weight excluding hydrogens is 440 g/mol. The second kappa shape index (κ2) is 10.5. The number of benzene rings is 1. The molecule has 0 unspecified atom stereocenters. The van der Waals surface area contributed by atoms with Crippen molar-refractivity contribution in [2.24, 2.45) is 0 Å². The van der Waals surface area contributed by atoms with Crippen molar-refractivity contribution >= 4 is 28.7 Å². The van der Waals surface area contributed by atoms with Crippen LogP contribution in [-0.4, -0.2) is 22.6 Å². The van der Waals surface area contributed by atoms with E-state index in [0.29, 0.717) is 29.2 Å². The van der Waals surface area contributed by atoms with Crippen LogP contribution in [0, 0.1) is 6.92 Å². The molecule has 3 N–H and O–H groups in total. The van der Waals surface area contributed by atoms with E-state index in [4.69, 9.17) is 10.5 Å². The minimum atomic E-state index is -0.697. The number of methoxy groups -OCH3 is 1. The Morgan fingerprint density at radius 3 is 2.61 bits per heavy atom. The Kier molecular flexibility index (Phi) is 7.75. The van der Waals surface area contributed by atoms with Gasteiger partial charge in [0.2, 0.25) is 0 Å². The first-order chi connectivity index (χ1) is 15.8. The van der Waals surface area contributed by atoms with Crippen LogP contribution in [0.25, 0.3) is 0 Å². The Morgan fingerprint density at radius 1 is 1.24 bits per heavy atom. The average Bonchev–Trinajstić information content (AvgIpc) is 3.18. The number of H-pyrrole nitrogens is 1. The number of aryl methyl sites for hydroxylation is 2. The molecule has 0 spiro atoms. The first-order valence-electron chi connectivity index (χ1n) is 11.0. The first-order valence-corrected chi connectivity index (χ1v) is 11.8. The number of anilines is 2. The van der Waals surface area contributed by atoms with Crippen molar-refractivity contribution in [2.75, 3.05) is 17.7 Å². The number of nitrogen functional groups attached to an aromatic ring is 1. The monoisotopic (exact) mass is 470 g/mol. The maximum Gasteiger partial charge on any atom is 0.330 e. The van der Waals surface area contributed by atoms with Gasteiger partial charge in [-0.1, -0.05) is 38.5 Å². The standard InChI is InChI=1S/C24H30N4O4S/c1-5-7-12-27-21(25)20(22(29)26-24(27)31)28(14-16-10-8-9-11-17(16)32-4)23(30)19-13-15(3)18(6-2)33-19/h8-11,13H,5-7,12,14,25H2,1-4H3,(H,26,29,31). The molecule has 0 fully saturated rings. The Morgan fingerprint density at radius 2 is 1.97 bits per heavy atom. The summed E-state index contributed by atoms with van der Waals surface area (Å²) in [4.78, 5) is 44.4. The predicted octanol–water partition coefficient (Wildman–Crippen LogP) is 3.71. The van der Waals surface area contributed by atoms with Gasteiger partial charge in [-0.05, 0) is 37.5 Å². The molecule has 176 valence electrons. The second-order valence-corrected chi connectivity index (χ2v) is 8.91. The highest BCUT2D eigenvalue weighted by Crippen LogP contribution is 2.29. The maximum atomic E-state index is 13.7. The lowest BCUT2D eigenvalue weighted by atomic mass is 10.1. The van der Waals surface area contributed by atoms with Gasteiger partial charge in [-0.25, -0.2) is 4.79 Å². The molecule has 0 saturated carbocycles. The van der Waals surface area contributed by atoms with Crippen molar-refractivity contribution in [1.29, 1.82) is 0 Å². The van der Waals surface area contributed by atoms with Crippen LogP contribution in [0.15, 0.2) is 39.9 Å². The van der Waals surface area contributed by atoms with Crippen LogP contribution in [0.1, 0.15) is 52.4 Å². The minimum Gasteiger partial charge on any atom is -0.496 e. The SMILES string of the molecule is CCCCn1c(N)c(N(Cc2ccccc2OC)C(=O)c2cc(C)c(CC)s2)c(=O)[nH]c1=O. The number of amides is 1. The van der Waals surface area contributed by atoms with Gasteiger partial charge in [-0.3, -0.25) is 24.0 Å². The summed E-state index contributed by atoms with van der Waals surface area (Å²) in [6.45, 7) is 6.39. The van der Waals surface area contributed by atoms with E-state index >= 15 is 0 Å². The zero-order chi connectivity index (χ0) is 24.1. The Labute approximate surface area is 196 Å². The number of aromatic nitrogens is 2. The molecule has 0 bridgehead atoms. The third kappa shape index (κ3) is 5.03. The number of hydrogen-bond donors (Lipinski definition) is 2. The van der Waals surface area contributed by atoms with Gasteiger partial charge in [0.05, 0.1) is 18.5 Å². The summed E-state index contributed by atoms with van der Waals surface area (Å²) in [6.07, 6.45) is 2.36. The lowest BCUT2D eigenvalue weighted by Gasteiger charge is -2.25. The summed E-state index contributed by atoms with van der Waals surface area (Å²) in [5.74, 6) is 0.206. The largest absolute Gasteiger partial charge is 0.496 e. The summed E-state index contributed by atoms with van der Waals surface area (Å²) >= 11 is 1.40. The summed E-state index contributed by atoms with van der Waals surface area (Å²) in [7, 11) is 1.55. The van der Waals surface area contributed by atoms with Crippen LogP contribution in [0.2, 0.25) is 0 Å². The molecule has 2 heterocycles. The molecular formula is C24H30N4O4S. The number of hydrogen-bond acceptors (Lipinski definition) is 6. The van der Waals surface area contributed by atoms with Crippen molar-refractivity contribution in [1.82, 2.24) is 9.55 Å². The fraction of sp³-hybridized carbons (Fsp3) is 0.375. The van der Waals surface area contributed by atoms with Crippen molar-refractivity contribution < 1.29 is 9.53 Å². The van der Waals surface area contributed by atoms with E-state index in [0.717, 1.165) is 23.3 Å². The number of rotatable bonds is 9. The van der Waals surface area contributed by atoms with Crippen molar-refractivity contribution in [3.63, 3.8) is 0 Å². The summed E-state index contributed by atoms with van der Waals surface area (Å²) in [5.41, 5.74) is 6.77. The van der Waals surface area contributed by atoms with Crippen molar-refractivity contribution in [3.8, 4) is 5.75 Å². The fourth-order valence-corrected chi connectivity index (χ4v) is 4.80. The van der Waals surface area contributed by atoms with E-state index in [-0.39, 0.29) is 24.0 Å². The number of nitrogens with one attached hydrogen (secondary N) is 1. The van der Waals surface area contributed by atoms with Crippen LogP contribution in [0.4, 0.5) is 11.5 Å². The van der Waals surface area contributed by atoms with Crippen LogP contribution in [0.3, 0.4) is 0 Å². The molecule has 0 aliphatic heterocycles. The molecule has 0 atom stereocenters. The molecule has 8 nitrogen and oxygen atoms in total. The molecule has 1 aromatic carbocycles. The Hall–Kier alpha value is -3.33. The average molecular weight is 471 g/mol. The molecule has 2 aromatic heterocycles. The van der Waals surface area contributed by atoms with Gasteiger partial charge in [0.1, 0.15) is 11.6 Å². The third-order valence-electron chi connectivity index (χ3n) is 5.54. The van der Waals surface area contributed by atoms with E-state index in [1.807, 2.05) is 45.0 Å². The van der Waals surface area contributed by atoms with Crippen molar-refractivity contribution in [3.05, 3.63) is 72.1 Å². The maximum absolute atomic E-state index is 13.7.